The van der Waals surface area contributed by atoms with Gasteiger partial charge >= 0.3 is 11.9 Å². The van der Waals surface area contributed by atoms with Crippen LogP contribution in [-0.4, -0.2) is 27.9 Å². The Balaban J connectivity index is -0.000000162. The average molecular weight is 266 g/mol. The van der Waals surface area contributed by atoms with Crippen molar-refractivity contribution >= 4 is 34.4 Å². The van der Waals surface area contributed by atoms with E-state index in [9.17, 15) is 9.59 Å². The largest absolute Gasteiger partial charge is 0.478 e. The van der Waals surface area contributed by atoms with Crippen LogP contribution in [0.15, 0.2) is 24.3 Å². The molecule has 0 aromatic heterocycles. The second-order valence-corrected chi connectivity index (χ2v) is 4.20. The molecule has 0 fully saturated rings. The van der Waals surface area contributed by atoms with Crippen LogP contribution in [0.2, 0.25) is 0 Å². The predicted molar refractivity (Wildman–Crippen MR) is 72.0 cm³/mol. The van der Waals surface area contributed by atoms with Crippen molar-refractivity contribution in [3.05, 3.63) is 24.3 Å². The highest BCUT2D eigenvalue weighted by molar-refractivity contribution is 8.68. The van der Waals surface area contributed by atoms with E-state index in [-0.39, 0.29) is 11.1 Å². The average Bonchev–Trinajstić information content (AvgIpc) is 2.18. The maximum absolute atomic E-state index is 9.60. The molecule has 0 spiro atoms. The first-order valence-electron chi connectivity index (χ1n) is 4.24. The number of carboxylic acid groups (broad SMARTS) is 2. The molecule has 94 valence electrons. The molecule has 0 rings (SSSR count). The van der Waals surface area contributed by atoms with Crippen LogP contribution < -0.4 is 0 Å². The van der Waals surface area contributed by atoms with Gasteiger partial charge in [0.25, 0.3) is 0 Å². The summed E-state index contributed by atoms with van der Waals surface area (Å²) in [4.78, 5) is 19.2. The normalized spacial score (nSPS) is 7.50. The minimum absolute atomic E-state index is 0.176. The van der Waals surface area contributed by atoms with E-state index in [4.69, 9.17) is 10.2 Å². The summed E-state index contributed by atoms with van der Waals surface area (Å²) in [6, 6.07) is 0. The molecule has 0 aromatic rings. The van der Waals surface area contributed by atoms with Gasteiger partial charge in [-0.05, 0) is 13.8 Å². The lowest BCUT2D eigenvalue weighted by Crippen LogP contribution is -1.92. The van der Waals surface area contributed by atoms with Gasteiger partial charge in [0.2, 0.25) is 0 Å². The molecular weight excluding hydrogens is 248 g/mol. The van der Waals surface area contributed by atoms with Gasteiger partial charge in [-0.25, -0.2) is 9.59 Å². The molecule has 0 aliphatic carbocycles. The first-order valence-corrected chi connectivity index (χ1v) is 6.28. The van der Waals surface area contributed by atoms with Crippen LogP contribution in [-0.2, 0) is 9.59 Å². The van der Waals surface area contributed by atoms with E-state index in [0.29, 0.717) is 0 Å². The van der Waals surface area contributed by atoms with Crippen molar-refractivity contribution in [2.24, 2.45) is 0 Å². The SMILES string of the molecule is C=C(C)C(=O)O.C=C(C)C(=O)O.CCSS. The van der Waals surface area contributed by atoms with Crippen LogP contribution in [0.3, 0.4) is 0 Å². The van der Waals surface area contributed by atoms with E-state index < -0.39 is 11.9 Å². The lowest BCUT2D eigenvalue weighted by Gasteiger charge is -1.79. The summed E-state index contributed by atoms with van der Waals surface area (Å²) in [6.07, 6.45) is 0. The third-order valence-electron chi connectivity index (χ3n) is 0.859. The van der Waals surface area contributed by atoms with Crippen LogP contribution in [0.5, 0.6) is 0 Å². The molecule has 0 aliphatic rings. The zero-order valence-corrected chi connectivity index (χ0v) is 11.4. The Morgan fingerprint density at radius 1 is 1.12 bits per heavy atom. The molecule has 0 aliphatic heterocycles. The number of carbonyl (C=O) groups is 2. The molecule has 0 atom stereocenters. The first kappa shape index (κ1) is 20.5. The topological polar surface area (TPSA) is 74.6 Å². The second kappa shape index (κ2) is 14.1. The quantitative estimate of drug-likeness (QED) is 0.416. The molecule has 16 heavy (non-hydrogen) atoms. The summed E-state index contributed by atoms with van der Waals surface area (Å²) in [5.41, 5.74) is 0.352. The molecule has 0 radical (unpaired) electrons. The van der Waals surface area contributed by atoms with Crippen LogP contribution in [0.4, 0.5) is 0 Å². The predicted octanol–water partition coefficient (Wildman–Crippen LogP) is 2.88. The van der Waals surface area contributed by atoms with Gasteiger partial charge in [-0.15, -0.1) is 11.7 Å². The van der Waals surface area contributed by atoms with E-state index >= 15 is 0 Å². The van der Waals surface area contributed by atoms with E-state index in [1.807, 2.05) is 0 Å². The summed E-state index contributed by atoms with van der Waals surface area (Å²) in [5.74, 6) is -0.770. The molecule has 6 heteroatoms. The van der Waals surface area contributed by atoms with Gasteiger partial charge in [0.1, 0.15) is 0 Å². The number of hydrogen-bond acceptors (Lipinski definition) is 4. The van der Waals surface area contributed by atoms with Crippen molar-refractivity contribution < 1.29 is 19.8 Å². The Bertz CT molecular complexity index is 199. The maximum Gasteiger partial charge on any atom is 0.330 e. The number of rotatable bonds is 3. The van der Waals surface area contributed by atoms with E-state index in [1.165, 1.54) is 13.8 Å². The minimum Gasteiger partial charge on any atom is -0.478 e. The zero-order chi connectivity index (χ0) is 13.7. The molecule has 0 bridgehead atoms. The van der Waals surface area contributed by atoms with Gasteiger partial charge < -0.3 is 10.2 Å². The monoisotopic (exact) mass is 266 g/mol. The van der Waals surface area contributed by atoms with Crippen molar-refractivity contribution in [3.63, 3.8) is 0 Å². The molecule has 4 nitrogen and oxygen atoms in total. The summed E-state index contributed by atoms with van der Waals surface area (Å²) in [7, 11) is 1.55. The third kappa shape index (κ3) is 29.2. The Morgan fingerprint density at radius 2 is 1.25 bits per heavy atom. The van der Waals surface area contributed by atoms with Gasteiger partial charge in [-0.1, -0.05) is 30.9 Å². The summed E-state index contributed by atoms with van der Waals surface area (Å²) in [6.45, 7) is 11.3. The highest BCUT2D eigenvalue weighted by Crippen LogP contribution is 2.00. The van der Waals surface area contributed by atoms with Gasteiger partial charge in [-0.2, -0.15) is 0 Å². The van der Waals surface area contributed by atoms with Crippen molar-refractivity contribution in [3.8, 4) is 0 Å². The smallest absolute Gasteiger partial charge is 0.330 e. The molecule has 0 heterocycles. The molecule has 0 aromatic carbocycles. The molecular formula is C10H18O4S2. The highest BCUT2D eigenvalue weighted by Gasteiger charge is 1.90. The van der Waals surface area contributed by atoms with Gasteiger partial charge in [0.05, 0.1) is 0 Å². The van der Waals surface area contributed by atoms with Gasteiger partial charge in [-0.3, -0.25) is 0 Å². The van der Waals surface area contributed by atoms with Crippen LogP contribution >= 0.6 is 22.5 Å². The van der Waals surface area contributed by atoms with Crippen LogP contribution in [0.25, 0.3) is 0 Å². The van der Waals surface area contributed by atoms with Gasteiger partial charge in [0.15, 0.2) is 0 Å². The number of thiol groups is 1. The minimum atomic E-state index is -0.935. The van der Waals surface area contributed by atoms with Crippen molar-refractivity contribution in [2.45, 2.75) is 20.8 Å². The van der Waals surface area contributed by atoms with E-state index in [2.05, 4.69) is 31.7 Å². The molecule has 0 amide bonds. The van der Waals surface area contributed by atoms with Crippen molar-refractivity contribution in [1.82, 2.24) is 0 Å². The number of carboxylic acids is 2. The third-order valence-corrected chi connectivity index (χ3v) is 1.89. The molecule has 0 unspecified atom stereocenters. The Kier molecular flexibility index (Phi) is 18.1. The molecule has 2 N–H and O–H groups in total. The fourth-order valence-corrected chi connectivity index (χ4v) is 0. The first-order chi connectivity index (χ1) is 7.20. The zero-order valence-electron chi connectivity index (χ0n) is 9.69. The van der Waals surface area contributed by atoms with E-state index in [1.54, 1.807) is 10.8 Å². The Labute approximate surface area is 105 Å². The molecule has 0 saturated heterocycles. The lowest BCUT2D eigenvalue weighted by molar-refractivity contribution is -0.133. The Hall–Kier alpha value is -0.880. The van der Waals surface area contributed by atoms with Crippen LogP contribution in [0.1, 0.15) is 20.8 Å². The molecule has 0 saturated carbocycles. The summed E-state index contributed by atoms with van der Waals surface area (Å²) < 4.78 is 0. The number of aliphatic carboxylic acids is 2. The lowest BCUT2D eigenvalue weighted by atomic mass is 10.4. The van der Waals surface area contributed by atoms with Crippen LogP contribution in [0, 0.1) is 0 Å². The van der Waals surface area contributed by atoms with Crippen molar-refractivity contribution in [1.29, 1.82) is 0 Å². The van der Waals surface area contributed by atoms with E-state index in [0.717, 1.165) is 5.75 Å². The number of hydrogen-bond donors (Lipinski definition) is 3. The summed E-state index contributed by atoms with van der Waals surface area (Å²) >= 11 is 3.84. The maximum atomic E-state index is 9.60. The fourth-order valence-electron chi connectivity index (χ4n) is 0. The Morgan fingerprint density at radius 3 is 1.25 bits per heavy atom. The van der Waals surface area contributed by atoms with Crippen molar-refractivity contribution in [2.75, 3.05) is 5.75 Å². The second-order valence-electron chi connectivity index (χ2n) is 2.59. The fraction of sp³-hybridized carbons (Fsp3) is 0.400. The summed E-state index contributed by atoms with van der Waals surface area (Å²) in [5, 5.41) is 15.8. The standard InChI is InChI=1S/2C4H6O2.C2H6S2/c2*1-3(2)4(5)6;1-2-4-3/h2*1H2,2H3,(H,5,6);3H,2H2,1H3. The highest BCUT2D eigenvalue weighted by atomic mass is 33.1. The van der Waals surface area contributed by atoms with Gasteiger partial charge in [0, 0.05) is 16.9 Å².